The van der Waals surface area contributed by atoms with Gasteiger partial charge in [-0.25, -0.2) is 14.6 Å². The molecule has 2 N–H and O–H groups in total. The zero-order chi connectivity index (χ0) is 19.1. The molecule has 0 radical (unpaired) electrons. The molecule has 28 heavy (non-hydrogen) atoms. The number of methoxy groups -OCH3 is 1. The summed E-state index contributed by atoms with van der Waals surface area (Å²) in [5.41, 5.74) is 0. The van der Waals surface area contributed by atoms with Crippen LogP contribution in [0.3, 0.4) is 0 Å². The van der Waals surface area contributed by atoms with E-state index in [0.29, 0.717) is 30.7 Å². The first kappa shape index (κ1) is 22.6. The molecule has 2 aromatic rings. The van der Waals surface area contributed by atoms with Crippen molar-refractivity contribution < 1.29 is 9.47 Å². The number of rotatable bonds is 7. The fourth-order valence-electron chi connectivity index (χ4n) is 2.83. The summed E-state index contributed by atoms with van der Waals surface area (Å²) in [6.07, 6.45) is 3.40. The fourth-order valence-corrected chi connectivity index (χ4v) is 2.94. The average Bonchev–Trinajstić information content (AvgIpc) is 3.07. The number of guanidine groups is 1. The molecule has 0 saturated carbocycles. The highest BCUT2D eigenvalue weighted by molar-refractivity contribution is 14.0. The van der Waals surface area contributed by atoms with E-state index in [1.165, 1.54) is 0 Å². The first-order valence-corrected chi connectivity index (χ1v) is 9.19. The topological polar surface area (TPSA) is 98.5 Å². The molecule has 3 rings (SSSR count). The van der Waals surface area contributed by atoms with Gasteiger partial charge in [-0.15, -0.1) is 24.0 Å². The van der Waals surface area contributed by atoms with Gasteiger partial charge in [0.15, 0.2) is 11.8 Å². The van der Waals surface area contributed by atoms with Gasteiger partial charge in [-0.3, -0.25) is 4.99 Å². The van der Waals surface area contributed by atoms with Crippen LogP contribution in [-0.2, 0) is 24.3 Å². The summed E-state index contributed by atoms with van der Waals surface area (Å²) in [6, 6.07) is 3.72. The Morgan fingerprint density at radius 1 is 1.43 bits per heavy atom. The monoisotopic (exact) mass is 521 g/mol. The molecule has 11 heteroatoms. The zero-order valence-corrected chi connectivity index (χ0v) is 19.0. The van der Waals surface area contributed by atoms with Gasteiger partial charge in [-0.05, 0) is 12.5 Å². The van der Waals surface area contributed by atoms with Crippen LogP contribution in [0.1, 0.15) is 18.1 Å². The van der Waals surface area contributed by atoms with Crippen LogP contribution in [0.25, 0.3) is 0 Å². The Labute approximate surface area is 186 Å². The van der Waals surface area contributed by atoms with Gasteiger partial charge >= 0.3 is 0 Å². The van der Waals surface area contributed by atoms with Gasteiger partial charge in [-0.2, -0.15) is 5.10 Å². The molecule has 154 valence electrons. The van der Waals surface area contributed by atoms with Crippen molar-refractivity contribution in [1.82, 2.24) is 30.4 Å². The van der Waals surface area contributed by atoms with E-state index in [1.54, 1.807) is 32.5 Å². The smallest absolute Gasteiger partial charge is 0.213 e. The van der Waals surface area contributed by atoms with Crippen molar-refractivity contribution >= 4 is 41.5 Å². The molecule has 0 saturated heterocycles. The molecule has 1 aliphatic heterocycles. The Kier molecular flexibility index (Phi) is 9.19. The highest BCUT2D eigenvalue weighted by atomic mass is 127. The van der Waals surface area contributed by atoms with Crippen LogP contribution in [0.4, 0.5) is 0 Å². The second-order valence-electron chi connectivity index (χ2n) is 6.10. The van der Waals surface area contributed by atoms with Crippen LogP contribution in [0.2, 0.25) is 5.02 Å². The van der Waals surface area contributed by atoms with Gasteiger partial charge in [0.2, 0.25) is 5.88 Å². The van der Waals surface area contributed by atoms with E-state index in [2.05, 4.69) is 30.7 Å². The number of ether oxygens (including phenoxy) is 2. The number of pyridine rings is 1. The lowest BCUT2D eigenvalue weighted by Gasteiger charge is -2.25. The molecule has 1 atom stereocenters. The summed E-state index contributed by atoms with van der Waals surface area (Å²) in [6.45, 7) is 2.25. The number of nitrogens with one attached hydrogen (secondary N) is 2. The Morgan fingerprint density at radius 3 is 3.00 bits per heavy atom. The van der Waals surface area contributed by atoms with E-state index in [4.69, 9.17) is 21.1 Å². The quantitative estimate of drug-likeness (QED) is 0.247. The zero-order valence-electron chi connectivity index (χ0n) is 15.9. The van der Waals surface area contributed by atoms with Gasteiger partial charge < -0.3 is 20.1 Å². The number of halogens is 2. The van der Waals surface area contributed by atoms with E-state index in [-0.39, 0.29) is 30.0 Å². The minimum Gasteiger partial charge on any atom is -0.476 e. The third-order valence-electron chi connectivity index (χ3n) is 4.08. The SMILES string of the molecule is CN=C(NCCOc1ccc(Cl)cn1)NC1CCc2nc(COC)nn2C1.I. The van der Waals surface area contributed by atoms with E-state index >= 15 is 0 Å². The van der Waals surface area contributed by atoms with Crippen LogP contribution >= 0.6 is 35.6 Å². The first-order valence-electron chi connectivity index (χ1n) is 8.81. The Morgan fingerprint density at radius 2 is 2.29 bits per heavy atom. The average molecular weight is 522 g/mol. The lowest BCUT2D eigenvalue weighted by molar-refractivity contribution is 0.177. The standard InChI is InChI=1S/C17H24ClN7O2.HI/c1-19-17(20-7-8-27-16-6-3-12(18)9-21-16)22-13-4-5-15-23-14(11-26-2)24-25(15)10-13;/h3,6,9,13H,4-5,7-8,10-11H2,1-2H3,(H2,19,20,22);1H. The molecule has 0 fully saturated rings. The van der Waals surface area contributed by atoms with E-state index < -0.39 is 0 Å². The number of fused-ring (bicyclic) bond motifs is 1. The summed E-state index contributed by atoms with van der Waals surface area (Å²) < 4.78 is 12.6. The van der Waals surface area contributed by atoms with Crippen molar-refractivity contribution in [2.24, 2.45) is 4.99 Å². The van der Waals surface area contributed by atoms with Gasteiger partial charge in [0.25, 0.3) is 0 Å². The third-order valence-corrected chi connectivity index (χ3v) is 4.31. The maximum Gasteiger partial charge on any atom is 0.213 e. The molecular formula is C17H25ClIN7O2. The van der Waals surface area contributed by atoms with Crippen LogP contribution in [0.15, 0.2) is 23.3 Å². The molecule has 3 heterocycles. The summed E-state index contributed by atoms with van der Waals surface area (Å²) in [5, 5.41) is 11.7. The molecule has 1 unspecified atom stereocenters. The van der Waals surface area contributed by atoms with Gasteiger partial charge in [0.05, 0.1) is 18.1 Å². The molecule has 0 bridgehead atoms. The van der Waals surface area contributed by atoms with Gasteiger partial charge in [0, 0.05) is 38.9 Å². The Bertz CT molecular complexity index is 769. The van der Waals surface area contributed by atoms with Crippen molar-refractivity contribution in [3.05, 3.63) is 35.0 Å². The third kappa shape index (κ3) is 6.45. The Hall–Kier alpha value is -1.66. The summed E-state index contributed by atoms with van der Waals surface area (Å²) in [4.78, 5) is 12.9. The predicted molar refractivity (Wildman–Crippen MR) is 117 cm³/mol. The number of hydrogen-bond acceptors (Lipinski definition) is 6. The lowest BCUT2D eigenvalue weighted by atomic mass is 10.1. The number of aromatic nitrogens is 4. The lowest BCUT2D eigenvalue weighted by Crippen LogP contribution is -2.47. The number of hydrogen-bond donors (Lipinski definition) is 2. The second kappa shape index (κ2) is 11.4. The normalized spacial score (nSPS) is 16.1. The van der Waals surface area contributed by atoms with Crippen LogP contribution in [-0.4, -0.2) is 59.1 Å². The maximum absolute atomic E-state index is 5.80. The van der Waals surface area contributed by atoms with Crippen LogP contribution in [0, 0.1) is 0 Å². The molecule has 9 nitrogen and oxygen atoms in total. The number of aliphatic imine (C=N–C) groups is 1. The van der Waals surface area contributed by atoms with Crippen molar-refractivity contribution in [1.29, 1.82) is 0 Å². The van der Waals surface area contributed by atoms with Crippen molar-refractivity contribution in [3.8, 4) is 5.88 Å². The molecule has 0 aromatic carbocycles. The molecule has 0 aliphatic carbocycles. The number of nitrogens with zero attached hydrogens (tertiary/aromatic N) is 5. The molecule has 0 amide bonds. The fraction of sp³-hybridized carbons (Fsp3) is 0.529. The highest BCUT2D eigenvalue weighted by Crippen LogP contribution is 2.13. The van der Waals surface area contributed by atoms with Crippen molar-refractivity contribution in [2.75, 3.05) is 27.3 Å². The van der Waals surface area contributed by atoms with Gasteiger partial charge in [-0.1, -0.05) is 11.6 Å². The second-order valence-corrected chi connectivity index (χ2v) is 6.54. The molecule has 0 spiro atoms. The molecule has 2 aromatic heterocycles. The molecular weight excluding hydrogens is 497 g/mol. The largest absolute Gasteiger partial charge is 0.476 e. The van der Waals surface area contributed by atoms with Crippen molar-refractivity contribution in [3.63, 3.8) is 0 Å². The summed E-state index contributed by atoms with van der Waals surface area (Å²) in [7, 11) is 3.39. The predicted octanol–water partition coefficient (Wildman–Crippen LogP) is 1.65. The van der Waals surface area contributed by atoms with Gasteiger partial charge in [0.1, 0.15) is 19.0 Å². The van der Waals surface area contributed by atoms with Crippen molar-refractivity contribution in [2.45, 2.75) is 32.0 Å². The summed E-state index contributed by atoms with van der Waals surface area (Å²) in [5.74, 6) is 3.01. The minimum atomic E-state index is 0. The van der Waals surface area contributed by atoms with E-state index in [9.17, 15) is 0 Å². The van der Waals surface area contributed by atoms with E-state index in [1.807, 2.05) is 4.68 Å². The Balaban J connectivity index is 0.00000280. The van der Waals surface area contributed by atoms with Crippen LogP contribution in [0.5, 0.6) is 5.88 Å². The maximum atomic E-state index is 5.80. The minimum absolute atomic E-state index is 0. The highest BCUT2D eigenvalue weighted by Gasteiger charge is 2.22. The first-order chi connectivity index (χ1) is 13.2. The summed E-state index contributed by atoms with van der Waals surface area (Å²) >= 11 is 5.80. The number of aryl methyl sites for hydroxylation is 1. The van der Waals surface area contributed by atoms with E-state index in [0.717, 1.165) is 37.0 Å². The van der Waals surface area contributed by atoms with Crippen LogP contribution < -0.4 is 15.4 Å². The molecule has 1 aliphatic rings.